The summed E-state index contributed by atoms with van der Waals surface area (Å²) in [5.74, 6) is -6.50. The summed E-state index contributed by atoms with van der Waals surface area (Å²) in [6, 6.07) is 1.42. The van der Waals surface area contributed by atoms with Crippen molar-refractivity contribution in [2.75, 3.05) is 13.3 Å². The van der Waals surface area contributed by atoms with Crippen molar-refractivity contribution in [1.82, 2.24) is 15.0 Å². The number of ether oxygens (including phenoxy) is 1. The zero-order chi connectivity index (χ0) is 25.6. The lowest BCUT2D eigenvalue weighted by Gasteiger charge is -2.33. The minimum atomic E-state index is -4.36. The van der Waals surface area contributed by atoms with E-state index in [1.54, 1.807) is 6.92 Å². The fourth-order valence-electron chi connectivity index (χ4n) is 4.06. The van der Waals surface area contributed by atoms with E-state index in [0.29, 0.717) is 12.0 Å². The van der Waals surface area contributed by atoms with Crippen LogP contribution in [0.3, 0.4) is 0 Å². The first-order valence-corrected chi connectivity index (χ1v) is 11.1. The van der Waals surface area contributed by atoms with Crippen LogP contribution in [0, 0.1) is 11.9 Å². The number of ketones is 1. The molecule has 1 aliphatic heterocycles. The second-order valence-corrected chi connectivity index (χ2v) is 9.96. The van der Waals surface area contributed by atoms with Crippen LogP contribution in [0.4, 0.5) is 26.3 Å². The van der Waals surface area contributed by atoms with Gasteiger partial charge in [0.25, 0.3) is 0 Å². The molecule has 0 unspecified atom stereocenters. The lowest BCUT2D eigenvalue weighted by atomic mass is 9.86. The number of fused-ring (bicyclic) bond motifs is 1. The molecule has 3 atom stereocenters. The van der Waals surface area contributed by atoms with Crippen molar-refractivity contribution in [2.24, 2.45) is 16.6 Å². The van der Waals surface area contributed by atoms with E-state index in [-0.39, 0.29) is 28.8 Å². The maximum absolute atomic E-state index is 14.7. The molecule has 0 spiro atoms. The highest BCUT2D eigenvalue weighted by molar-refractivity contribution is 8.15. The van der Waals surface area contributed by atoms with Crippen LogP contribution in [0.2, 0.25) is 0 Å². The van der Waals surface area contributed by atoms with E-state index in [2.05, 4.69) is 24.7 Å². The Hall–Kier alpha value is -2.90. The monoisotopic (exact) mass is 519 g/mol. The number of pyridine rings is 1. The number of halogens is 6. The molecular formula is C21H19F6N5O2S. The van der Waals surface area contributed by atoms with Crippen LogP contribution in [0.1, 0.15) is 35.0 Å². The Bertz CT molecular complexity index is 1170. The summed E-state index contributed by atoms with van der Waals surface area (Å²) < 4.78 is 82.4. The summed E-state index contributed by atoms with van der Waals surface area (Å²) in [4.78, 5) is 28.1. The largest absolute Gasteiger partial charge is 0.470 e. The molecule has 0 saturated heterocycles. The highest BCUT2D eigenvalue weighted by Crippen LogP contribution is 2.65. The van der Waals surface area contributed by atoms with Gasteiger partial charge in [0.2, 0.25) is 11.8 Å². The first kappa shape index (κ1) is 25.2. The number of nitrogens with two attached hydrogens (primary N) is 1. The molecule has 0 aromatic carbocycles. The maximum atomic E-state index is 14.7. The Balaban J connectivity index is 1.48. The van der Waals surface area contributed by atoms with Crippen molar-refractivity contribution >= 4 is 22.7 Å². The van der Waals surface area contributed by atoms with Crippen LogP contribution in [0.5, 0.6) is 5.88 Å². The Kier molecular flexibility index (Phi) is 6.45. The quantitative estimate of drug-likeness (QED) is 0.306. The number of carbonyl (C=O) groups excluding carboxylic acids is 1. The van der Waals surface area contributed by atoms with E-state index < -0.39 is 53.5 Å². The molecule has 0 radical (unpaired) electrons. The van der Waals surface area contributed by atoms with Crippen molar-refractivity contribution in [3.8, 4) is 5.88 Å². The third-order valence-corrected chi connectivity index (χ3v) is 7.30. The number of hydrogen-bond donors (Lipinski definition) is 1. The fourth-order valence-corrected chi connectivity index (χ4v) is 5.39. The number of carbonyl (C=O) groups is 1. The van der Waals surface area contributed by atoms with Gasteiger partial charge in [-0.05, 0) is 25.0 Å². The van der Waals surface area contributed by atoms with Crippen molar-refractivity contribution in [1.29, 1.82) is 0 Å². The molecule has 7 nitrogen and oxygen atoms in total. The summed E-state index contributed by atoms with van der Waals surface area (Å²) in [5, 5.41) is 0.142. The molecule has 1 saturated carbocycles. The average Bonchev–Trinajstić information content (AvgIpc) is 3.55. The predicted octanol–water partition coefficient (Wildman–Crippen LogP) is 3.72. The fraction of sp³-hybridized carbons (Fsp3) is 0.476. The molecule has 2 N–H and O–H groups in total. The highest BCUT2D eigenvalue weighted by atomic mass is 32.2. The van der Waals surface area contributed by atoms with E-state index in [9.17, 15) is 31.1 Å². The summed E-state index contributed by atoms with van der Waals surface area (Å²) >= 11 is 1.14. The van der Waals surface area contributed by atoms with Gasteiger partial charge in [-0.25, -0.2) is 28.1 Å². The third-order valence-electron chi connectivity index (χ3n) is 6.03. The van der Waals surface area contributed by atoms with Gasteiger partial charge in [0.05, 0.1) is 22.7 Å². The van der Waals surface area contributed by atoms with Gasteiger partial charge in [0.15, 0.2) is 17.6 Å². The number of Topliss-reactive ketones (excluding diaryl/α,β-unsaturated/α-hetero) is 1. The van der Waals surface area contributed by atoms with Crippen LogP contribution in [-0.4, -0.2) is 56.3 Å². The number of hydrogen-bond acceptors (Lipinski definition) is 8. The number of amidine groups is 1. The predicted molar refractivity (Wildman–Crippen MR) is 114 cm³/mol. The number of aliphatic imine (C=N–C) groups is 1. The van der Waals surface area contributed by atoms with E-state index in [4.69, 9.17) is 5.73 Å². The number of alkyl halides is 5. The minimum absolute atomic E-state index is 0.0844. The Morgan fingerprint density at radius 2 is 2.03 bits per heavy atom. The molecule has 14 heteroatoms. The molecule has 4 rings (SSSR count). The molecule has 3 heterocycles. The SMILES string of the molecule is C[C@]1(c2cc(CC(=O)c3cnc(OCC(F)(F)C(F)F)cn3)cnc2F)N=C(N)S[C@@]2(CF)C[C@H]21. The summed E-state index contributed by atoms with van der Waals surface area (Å²) in [7, 11) is 0. The van der Waals surface area contributed by atoms with Crippen LogP contribution in [0.15, 0.2) is 29.6 Å². The topological polar surface area (TPSA) is 103 Å². The number of rotatable bonds is 9. The van der Waals surface area contributed by atoms with Crippen LogP contribution in [-0.2, 0) is 12.0 Å². The molecule has 2 aromatic rings. The highest BCUT2D eigenvalue weighted by Gasteiger charge is 2.67. The lowest BCUT2D eigenvalue weighted by molar-refractivity contribution is -0.148. The smallest absolute Gasteiger partial charge is 0.340 e. The lowest BCUT2D eigenvalue weighted by Crippen LogP contribution is -2.37. The van der Waals surface area contributed by atoms with Gasteiger partial charge < -0.3 is 10.5 Å². The first-order valence-electron chi connectivity index (χ1n) is 10.3. The molecule has 1 aliphatic carbocycles. The van der Waals surface area contributed by atoms with Crippen molar-refractivity contribution < 1.29 is 35.9 Å². The summed E-state index contributed by atoms with van der Waals surface area (Å²) in [6.07, 6.45) is -0.745. The minimum Gasteiger partial charge on any atom is -0.470 e. The Labute approximate surface area is 199 Å². The molecule has 2 aromatic heterocycles. The number of thioether (sulfide) groups is 1. The number of nitrogens with zero attached hydrogens (tertiary/aromatic N) is 4. The second-order valence-electron chi connectivity index (χ2n) is 8.53. The van der Waals surface area contributed by atoms with E-state index in [0.717, 1.165) is 30.4 Å². The van der Waals surface area contributed by atoms with Crippen molar-refractivity contribution in [2.45, 2.75) is 42.4 Å². The molecule has 0 amide bonds. The summed E-state index contributed by atoms with van der Waals surface area (Å²) in [6.45, 7) is -0.597. The molecule has 188 valence electrons. The second kappa shape index (κ2) is 8.95. The van der Waals surface area contributed by atoms with Gasteiger partial charge in [0.1, 0.15) is 12.4 Å². The molecule has 2 aliphatic rings. The van der Waals surface area contributed by atoms with Crippen molar-refractivity contribution in [3.05, 3.63) is 47.4 Å². The normalized spacial score (nSPS) is 25.7. The van der Waals surface area contributed by atoms with Gasteiger partial charge >= 0.3 is 12.3 Å². The first-order chi connectivity index (χ1) is 16.4. The van der Waals surface area contributed by atoms with Gasteiger partial charge in [-0.1, -0.05) is 11.8 Å². The molecular weight excluding hydrogens is 500 g/mol. The van der Waals surface area contributed by atoms with Crippen molar-refractivity contribution in [3.63, 3.8) is 0 Å². The van der Waals surface area contributed by atoms with E-state index in [1.807, 2.05) is 0 Å². The maximum Gasteiger partial charge on any atom is 0.340 e. The standard InChI is InChI=1S/C21H19F6N5O2S/c1-19(14-4-20(14,8-22)35-18(28)32-19)11-2-10(5-31-16(11)23)3-13(33)12-6-30-15(7-29-12)34-9-21(26,27)17(24)25/h2,5-7,14,17H,3-4,8-9H2,1H3,(H2,28,32)/t14-,19+,20+/m0/s1. The van der Waals surface area contributed by atoms with E-state index >= 15 is 0 Å². The zero-order valence-electron chi connectivity index (χ0n) is 18.2. The Morgan fingerprint density at radius 1 is 1.29 bits per heavy atom. The van der Waals surface area contributed by atoms with Crippen LogP contribution in [0.25, 0.3) is 0 Å². The Morgan fingerprint density at radius 3 is 2.66 bits per heavy atom. The molecule has 0 bridgehead atoms. The van der Waals surface area contributed by atoms with Gasteiger partial charge in [-0.3, -0.25) is 9.79 Å². The van der Waals surface area contributed by atoms with E-state index in [1.165, 1.54) is 6.07 Å². The summed E-state index contributed by atoms with van der Waals surface area (Å²) in [5.41, 5.74) is 4.98. The molecule has 35 heavy (non-hydrogen) atoms. The van der Waals surface area contributed by atoms with Gasteiger partial charge in [0, 0.05) is 24.1 Å². The zero-order valence-corrected chi connectivity index (χ0v) is 19.0. The molecule has 1 fully saturated rings. The number of aromatic nitrogens is 3. The van der Waals surface area contributed by atoms with Gasteiger partial charge in [-0.15, -0.1) is 0 Å². The third kappa shape index (κ3) is 4.80. The average molecular weight is 519 g/mol. The van der Waals surface area contributed by atoms with Crippen LogP contribution >= 0.6 is 11.8 Å². The van der Waals surface area contributed by atoms with Gasteiger partial charge in [-0.2, -0.15) is 13.2 Å². The van der Waals surface area contributed by atoms with Crippen LogP contribution < -0.4 is 10.5 Å².